The van der Waals surface area contributed by atoms with Crippen molar-refractivity contribution >= 4 is 0 Å². The van der Waals surface area contributed by atoms with Gasteiger partial charge < -0.3 is 4.57 Å². The molecule has 0 aliphatic carbocycles. The normalized spacial score (nSPS) is 9.82. The highest BCUT2D eigenvalue weighted by Gasteiger charge is 1.95. The second-order valence-corrected chi connectivity index (χ2v) is 4.48. The number of H-pyrrole nitrogens is 1. The Morgan fingerprint density at radius 2 is 1.64 bits per heavy atom. The van der Waals surface area contributed by atoms with Crippen LogP contribution < -0.4 is 0 Å². The molecule has 2 radical (unpaired) electrons. The quantitative estimate of drug-likeness (QED) is 0.612. The molecule has 2 aromatic carbocycles. The predicted octanol–water partition coefficient (Wildman–Crippen LogP) is 3.55. The van der Waals surface area contributed by atoms with Crippen molar-refractivity contribution in [2.45, 2.75) is 0 Å². The molecule has 0 fully saturated rings. The molecule has 4 heteroatoms. The summed E-state index contributed by atoms with van der Waals surface area (Å²) in [6.45, 7) is 0. The zero-order chi connectivity index (χ0) is 15.0. The summed E-state index contributed by atoms with van der Waals surface area (Å²) in [6.07, 6.45) is 7.26. The van der Waals surface area contributed by atoms with E-state index in [0.29, 0.717) is 0 Å². The Balaban J connectivity index is 0.000000131. The maximum absolute atomic E-state index is 4.05. The van der Waals surface area contributed by atoms with E-state index in [1.165, 1.54) is 0 Å². The van der Waals surface area contributed by atoms with E-state index < -0.39 is 0 Å². The van der Waals surface area contributed by atoms with E-state index in [1.807, 2.05) is 71.6 Å². The number of benzene rings is 2. The molecule has 22 heavy (non-hydrogen) atoms. The fraction of sp³-hybridized carbons (Fsp3) is 0. The Hall–Kier alpha value is -3.14. The third kappa shape index (κ3) is 3.49. The van der Waals surface area contributed by atoms with Gasteiger partial charge in [-0.2, -0.15) is 5.10 Å². The van der Waals surface area contributed by atoms with Crippen LogP contribution in [0.1, 0.15) is 0 Å². The fourth-order valence-electron chi connectivity index (χ4n) is 1.94. The number of aromatic nitrogens is 4. The molecule has 106 valence electrons. The van der Waals surface area contributed by atoms with Gasteiger partial charge in [-0.1, -0.05) is 36.4 Å². The van der Waals surface area contributed by atoms with E-state index in [2.05, 4.69) is 27.3 Å². The van der Waals surface area contributed by atoms with Gasteiger partial charge in [-0.3, -0.25) is 5.10 Å². The molecule has 1 N–H and O–H groups in total. The van der Waals surface area contributed by atoms with E-state index in [1.54, 1.807) is 12.5 Å². The third-order valence-corrected chi connectivity index (χ3v) is 3.02. The molecule has 0 saturated carbocycles. The SMILES string of the molecule is [c]1ccc(-c2cc[nH]n2)cc1.[c]1ccc(-n2ccnc2)cc1. The van der Waals surface area contributed by atoms with E-state index >= 15 is 0 Å². The maximum atomic E-state index is 4.05. The zero-order valence-corrected chi connectivity index (χ0v) is 11.8. The molecule has 0 aliphatic rings. The molecule has 0 spiro atoms. The Labute approximate surface area is 129 Å². The first-order chi connectivity index (χ1) is 10.9. The number of nitrogens with zero attached hydrogens (tertiary/aromatic N) is 3. The summed E-state index contributed by atoms with van der Waals surface area (Å²) in [5.74, 6) is 0. The standard InChI is InChI=1S/2C9H7N2/c1-2-4-9(5-3-1)11-7-6-10-8-11;1-2-4-8(5-3-1)9-6-7-10-11-9/h2-8H;2-7H,(H,10,11). The van der Waals surface area contributed by atoms with Crippen molar-refractivity contribution in [1.29, 1.82) is 0 Å². The molecule has 0 saturated heterocycles. The lowest BCUT2D eigenvalue weighted by Gasteiger charge is -1.98. The van der Waals surface area contributed by atoms with Crippen LogP contribution in [0.25, 0.3) is 16.9 Å². The van der Waals surface area contributed by atoms with Crippen LogP contribution in [0.2, 0.25) is 0 Å². The minimum absolute atomic E-state index is 0.971. The van der Waals surface area contributed by atoms with Crippen molar-refractivity contribution < 1.29 is 0 Å². The van der Waals surface area contributed by atoms with Gasteiger partial charge in [0.25, 0.3) is 0 Å². The minimum Gasteiger partial charge on any atom is -0.306 e. The van der Waals surface area contributed by atoms with Gasteiger partial charge >= 0.3 is 0 Å². The lowest BCUT2D eigenvalue weighted by atomic mass is 10.2. The number of rotatable bonds is 2. The highest BCUT2D eigenvalue weighted by atomic mass is 15.1. The van der Waals surface area contributed by atoms with Crippen LogP contribution in [0.4, 0.5) is 0 Å². The van der Waals surface area contributed by atoms with Gasteiger partial charge in [-0.05, 0) is 30.3 Å². The first-order valence-corrected chi connectivity index (χ1v) is 6.84. The van der Waals surface area contributed by atoms with Gasteiger partial charge in [0.05, 0.1) is 12.0 Å². The Morgan fingerprint density at radius 1 is 0.909 bits per heavy atom. The summed E-state index contributed by atoms with van der Waals surface area (Å²) in [5.41, 5.74) is 3.20. The van der Waals surface area contributed by atoms with Crippen molar-refractivity contribution in [2.24, 2.45) is 0 Å². The Kier molecular flexibility index (Phi) is 4.42. The lowest BCUT2D eigenvalue weighted by molar-refractivity contribution is 1.06. The number of imidazole rings is 1. The van der Waals surface area contributed by atoms with Gasteiger partial charge in [0, 0.05) is 29.8 Å². The van der Waals surface area contributed by atoms with Crippen LogP contribution in [0.3, 0.4) is 0 Å². The van der Waals surface area contributed by atoms with Crippen molar-refractivity contribution in [3.8, 4) is 16.9 Å². The van der Waals surface area contributed by atoms with Crippen LogP contribution in [0.5, 0.6) is 0 Å². The van der Waals surface area contributed by atoms with Gasteiger partial charge in [0.1, 0.15) is 0 Å². The van der Waals surface area contributed by atoms with Crippen LogP contribution in [-0.2, 0) is 0 Å². The zero-order valence-electron chi connectivity index (χ0n) is 11.8. The molecular formula is C18H14N4. The first kappa shape index (κ1) is 13.8. The second-order valence-electron chi connectivity index (χ2n) is 4.48. The van der Waals surface area contributed by atoms with Gasteiger partial charge in [0.15, 0.2) is 0 Å². The fourth-order valence-corrected chi connectivity index (χ4v) is 1.94. The molecule has 0 bridgehead atoms. The lowest BCUT2D eigenvalue weighted by Crippen LogP contribution is -1.87. The van der Waals surface area contributed by atoms with Gasteiger partial charge in [-0.15, -0.1) is 0 Å². The minimum atomic E-state index is 0.971. The first-order valence-electron chi connectivity index (χ1n) is 6.84. The van der Waals surface area contributed by atoms with E-state index in [9.17, 15) is 0 Å². The van der Waals surface area contributed by atoms with Crippen LogP contribution in [-0.4, -0.2) is 19.7 Å². The summed E-state index contributed by atoms with van der Waals surface area (Å²) >= 11 is 0. The van der Waals surface area contributed by atoms with Crippen molar-refractivity contribution in [2.75, 3.05) is 0 Å². The highest BCUT2D eigenvalue weighted by Crippen LogP contribution is 2.13. The van der Waals surface area contributed by atoms with Crippen LogP contribution >= 0.6 is 0 Å². The molecule has 0 unspecified atom stereocenters. The Bertz CT molecular complexity index is 691. The average Bonchev–Trinajstić information content (AvgIpc) is 3.31. The third-order valence-electron chi connectivity index (χ3n) is 3.02. The number of hydrogen-bond donors (Lipinski definition) is 1. The molecule has 4 rings (SSSR count). The topological polar surface area (TPSA) is 46.5 Å². The van der Waals surface area contributed by atoms with Gasteiger partial charge in [0.2, 0.25) is 0 Å². The van der Waals surface area contributed by atoms with Gasteiger partial charge in [-0.25, -0.2) is 4.98 Å². The highest BCUT2D eigenvalue weighted by molar-refractivity contribution is 5.57. The average molecular weight is 286 g/mol. The number of aromatic amines is 1. The largest absolute Gasteiger partial charge is 0.306 e. The Morgan fingerprint density at radius 3 is 2.23 bits per heavy atom. The maximum Gasteiger partial charge on any atom is 0.0991 e. The van der Waals surface area contributed by atoms with E-state index in [0.717, 1.165) is 16.9 Å². The van der Waals surface area contributed by atoms with E-state index in [4.69, 9.17) is 0 Å². The smallest absolute Gasteiger partial charge is 0.0991 e. The molecule has 0 amide bonds. The van der Waals surface area contributed by atoms with Crippen molar-refractivity contribution in [1.82, 2.24) is 19.7 Å². The molecule has 4 aromatic rings. The van der Waals surface area contributed by atoms with E-state index in [-0.39, 0.29) is 0 Å². The monoisotopic (exact) mass is 286 g/mol. The number of hydrogen-bond acceptors (Lipinski definition) is 2. The van der Waals surface area contributed by atoms with Crippen LogP contribution in [0, 0.1) is 12.1 Å². The molecule has 2 heterocycles. The second kappa shape index (κ2) is 7.04. The summed E-state index contributed by atoms with van der Waals surface area (Å²) < 4.78 is 1.95. The van der Waals surface area contributed by atoms with Crippen LogP contribution in [0.15, 0.2) is 79.5 Å². The molecular weight excluding hydrogens is 272 g/mol. The number of nitrogens with one attached hydrogen (secondary N) is 1. The predicted molar refractivity (Wildman–Crippen MR) is 85.3 cm³/mol. The summed E-state index contributed by atoms with van der Waals surface area (Å²) in [4.78, 5) is 3.95. The molecule has 2 aromatic heterocycles. The molecule has 4 nitrogen and oxygen atoms in total. The van der Waals surface area contributed by atoms with Crippen molar-refractivity contribution in [3.63, 3.8) is 0 Å². The summed E-state index contributed by atoms with van der Waals surface area (Å²) in [6, 6.07) is 23.3. The van der Waals surface area contributed by atoms with Crippen molar-refractivity contribution in [3.05, 3.63) is 91.6 Å². The molecule has 0 atom stereocenters. The summed E-state index contributed by atoms with van der Waals surface area (Å²) in [5, 5.41) is 6.82. The summed E-state index contributed by atoms with van der Waals surface area (Å²) in [7, 11) is 0. The molecule has 0 aliphatic heterocycles.